The Morgan fingerprint density at radius 2 is 0.747 bits per heavy atom. The van der Waals surface area contributed by atoms with E-state index in [0.717, 1.165) is 66.8 Å². The fraction of sp³-hybridized carbons (Fsp3) is 0.0886. The summed E-state index contributed by atoms with van der Waals surface area (Å²) in [6, 6.07) is 84.7. The van der Waals surface area contributed by atoms with Gasteiger partial charge < -0.3 is 18.6 Å². The van der Waals surface area contributed by atoms with Crippen LogP contribution in [-0.2, 0) is 5.41 Å². The van der Waals surface area contributed by atoms with E-state index in [-0.39, 0.29) is 0 Å². The smallest absolute Gasteiger partial charge is 0.229 e. The molecule has 87 heavy (non-hydrogen) atoms. The molecule has 1 spiro atoms. The molecule has 0 amide bonds. The van der Waals surface area contributed by atoms with Gasteiger partial charge in [-0.25, -0.2) is 9.69 Å². The fourth-order valence-corrected chi connectivity index (χ4v) is 17.3. The van der Waals surface area contributed by atoms with Gasteiger partial charge in [0.15, 0.2) is 11.2 Å². The first-order chi connectivity index (χ1) is 42.3. The summed E-state index contributed by atoms with van der Waals surface area (Å²) in [5.74, 6) is 0. The first-order valence-electron chi connectivity index (χ1n) is 29.9. The molecule has 6 nitrogen and oxygen atoms in total. The summed E-state index contributed by atoms with van der Waals surface area (Å²) >= 11 is 0. The summed E-state index contributed by atoms with van der Waals surface area (Å²) in [5, 5.41) is 9.07. The van der Waals surface area contributed by atoms with Gasteiger partial charge in [0.05, 0.1) is 46.1 Å². The molecular weight excluding hydrogens is 1090 g/mol. The Hall–Kier alpha value is -10.5. The van der Waals surface area contributed by atoms with Crippen LogP contribution >= 0.6 is 0 Å². The molecule has 0 bridgehead atoms. The zero-order valence-corrected chi connectivity index (χ0v) is 51.0. The van der Waals surface area contributed by atoms with E-state index in [1.165, 1.54) is 87.9 Å². The highest BCUT2D eigenvalue weighted by Crippen LogP contribution is 2.67. The number of hydrogen-bond donors (Lipinski definition) is 0. The van der Waals surface area contributed by atoms with E-state index in [4.69, 9.17) is 22.0 Å². The SMILES string of the molecule is [C-]#[N+]c1cccc2c1oc1c(N(c3ccc([Si](C)(C)C)cc3)c3ccc4c(c3)C3(c5cc(N(c6ccc([Si](C)(C)C)cc6)c6cccc7c6oc6c([N+]#[C-])cccc67)ccc5-4)c4ccccc4-c4c3cc3c5c(cccc45)-c4ccccc4-3)cccc12. The minimum atomic E-state index is -1.69. The Kier molecular flexibility index (Phi) is 10.7. The quantitative estimate of drug-likeness (QED) is 0.112. The highest BCUT2D eigenvalue weighted by Gasteiger charge is 2.53. The first-order valence-corrected chi connectivity index (χ1v) is 36.9. The molecule has 0 radical (unpaired) electrons. The third kappa shape index (κ3) is 7.11. The maximum atomic E-state index is 8.16. The molecule has 0 fully saturated rings. The van der Waals surface area contributed by atoms with Gasteiger partial charge in [0.2, 0.25) is 11.4 Å². The van der Waals surface area contributed by atoms with Crippen LogP contribution in [0.1, 0.15) is 22.3 Å². The van der Waals surface area contributed by atoms with Crippen LogP contribution in [0.3, 0.4) is 0 Å². The molecule has 12 aromatic carbocycles. The summed E-state index contributed by atoms with van der Waals surface area (Å²) in [6.07, 6.45) is 0. The third-order valence-corrected chi connectivity index (χ3v) is 23.1. The molecule has 8 heteroatoms. The van der Waals surface area contributed by atoms with E-state index in [1.54, 1.807) is 0 Å². The second-order valence-electron chi connectivity index (χ2n) is 25.7. The minimum Gasteiger partial charge on any atom is -0.465 e. The molecule has 412 valence electrons. The van der Waals surface area contributed by atoms with Gasteiger partial charge in [0.1, 0.15) is 11.2 Å². The van der Waals surface area contributed by atoms with Crippen molar-refractivity contribution in [3.63, 3.8) is 0 Å². The van der Waals surface area contributed by atoms with Gasteiger partial charge in [-0.3, -0.25) is 0 Å². The Morgan fingerprint density at radius 1 is 0.333 bits per heavy atom. The number of nitrogens with zero attached hydrogens (tertiary/aromatic N) is 4. The predicted molar refractivity (Wildman–Crippen MR) is 367 cm³/mol. The normalized spacial score (nSPS) is 13.2. The predicted octanol–water partition coefficient (Wildman–Crippen LogP) is 21.8. The largest absolute Gasteiger partial charge is 0.465 e. The van der Waals surface area contributed by atoms with E-state index in [0.29, 0.717) is 22.5 Å². The maximum Gasteiger partial charge on any atom is 0.229 e. The Balaban J connectivity index is 0.971. The lowest BCUT2D eigenvalue weighted by molar-refractivity contribution is 0.670. The zero-order chi connectivity index (χ0) is 58.8. The van der Waals surface area contributed by atoms with E-state index < -0.39 is 21.6 Å². The average molecular weight is 1150 g/mol. The van der Waals surface area contributed by atoms with Crippen LogP contribution in [0.25, 0.3) is 109 Å². The molecule has 0 N–H and O–H groups in total. The van der Waals surface area contributed by atoms with Crippen molar-refractivity contribution in [2.45, 2.75) is 44.7 Å². The lowest BCUT2D eigenvalue weighted by Gasteiger charge is -2.33. The number of para-hydroxylation sites is 4. The van der Waals surface area contributed by atoms with Gasteiger partial charge in [-0.2, -0.15) is 0 Å². The van der Waals surface area contributed by atoms with Gasteiger partial charge >= 0.3 is 0 Å². The van der Waals surface area contributed by atoms with Gasteiger partial charge in [0.25, 0.3) is 0 Å². The molecule has 0 aliphatic heterocycles. The van der Waals surface area contributed by atoms with Crippen LogP contribution in [0.5, 0.6) is 0 Å². The summed E-state index contributed by atoms with van der Waals surface area (Å²) < 4.78 is 13.9. The van der Waals surface area contributed by atoms with Crippen molar-refractivity contribution in [3.8, 4) is 44.5 Å². The number of rotatable bonds is 8. The molecule has 0 saturated heterocycles. The average Bonchev–Trinajstić information content (AvgIpc) is 1.50. The molecule has 3 aliphatic carbocycles. The number of anilines is 6. The lowest BCUT2D eigenvalue weighted by Crippen LogP contribution is -2.37. The van der Waals surface area contributed by atoms with Crippen molar-refractivity contribution in [1.29, 1.82) is 0 Å². The molecule has 3 aliphatic rings. The summed E-state index contributed by atoms with van der Waals surface area (Å²) in [4.78, 5) is 12.6. The van der Waals surface area contributed by atoms with Crippen molar-refractivity contribution in [2.24, 2.45) is 0 Å². The van der Waals surface area contributed by atoms with Crippen molar-refractivity contribution in [3.05, 3.63) is 276 Å². The minimum absolute atomic E-state index is 0.493. The highest BCUT2D eigenvalue weighted by atomic mass is 28.3. The molecule has 0 unspecified atom stereocenters. The molecule has 2 aromatic heterocycles. The van der Waals surface area contributed by atoms with Crippen LogP contribution < -0.4 is 20.2 Å². The van der Waals surface area contributed by atoms with Crippen LogP contribution in [-0.4, -0.2) is 16.1 Å². The third-order valence-electron chi connectivity index (χ3n) is 19.0. The second kappa shape index (κ2) is 18.3. The summed E-state index contributed by atoms with van der Waals surface area (Å²) in [6.45, 7) is 30.7. The van der Waals surface area contributed by atoms with Crippen LogP contribution in [0.2, 0.25) is 39.3 Å². The number of benzene rings is 12. The van der Waals surface area contributed by atoms with Gasteiger partial charge in [0, 0.05) is 44.3 Å². The molecule has 0 atom stereocenters. The monoisotopic (exact) mass is 1150 g/mol. The topological polar surface area (TPSA) is 41.5 Å². The Morgan fingerprint density at radius 3 is 1.24 bits per heavy atom. The molecule has 0 saturated carbocycles. The van der Waals surface area contributed by atoms with Crippen molar-refractivity contribution in [1.82, 2.24) is 0 Å². The standard InChI is InChI=1S/C79H56N4O2Si2/c1-80-69-28-14-22-58-60-24-16-30-71(77(60)84-75(58)69)82(47-32-38-51(39-33-47)86(3,4)5)49-36-42-55-56-43-37-50(83(48-34-40-52(41-35-48)87(6,7)8)72-31-17-25-61-59-23-15-29-70(81-2)76(59)85-78(61)72)45-67(56)79(66(55)44-49)65-27-12-11-20-62(65)74-63-26-13-21-57-53-18-9-10-19-54(53)64(73(57)63)46-68(74)79/h9-46H,3-8H3. The number of furan rings is 2. The van der Waals surface area contributed by atoms with Gasteiger partial charge in [-0.15, -0.1) is 0 Å². The molecular formula is C79H56N4O2Si2. The molecule has 14 aromatic rings. The summed E-state index contributed by atoms with van der Waals surface area (Å²) in [7, 11) is -3.37. The van der Waals surface area contributed by atoms with Crippen LogP contribution in [0, 0.1) is 13.1 Å². The van der Waals surface area contributed by atoms with E-state index in [2.05, 4.69) is 265 Å². The van der Waals surface area contributed by atoms with Crippen molar-refractivity contribution >= 4 is 127 Å². The van der Waals surface area contributed by atoms with Gasteiger partial charge in [-0.05, 0) is 144 Å². The van der Waals surface area contributed by atoms with Crippen molar-refractivity contribution < 1.29 is 8.83 Å². The second-order valence-corrected chi connectivity index (χ2v) is 35.8. The Labute approximate surface area is 507 Å². The van der Waals surface area contributed by atoms with Crippen molar-refractivity contribution in [2.75, 3.05) is 9.80 Å². The Bertz CT molecular complexity index is 5170. The lowest BCUT2D eigenvalue weighted by atomic mass is 9.70. The maximum absolute atomic E-state index is 8.16. The van der Waals surface area contributed by atoms with Crippen LogP contribution in [0.15, 0.2) is 239 Å². The van der Waals surface area contributed by atoms with E-state index in [1.807, 2.05) is 24.3 Å². The summed E-state index contributed by atoms with van der Waals surface area (Å²) in [5.41, 5.74) is 23.3. The van der Waals surface area contributed by atoms with Gasteiger partial charge in [-0.1, -0.05) is 213 Å². The number of fused-ring (bicyclic) bond motifs is 20. The van der Waals surface area contributed by atoms with E-state index in [9.17, 15) is 0 Å². The van der Waals surface area contributed by atoms with Crippen LogP contribution in [0.4, 0.5) is 45.5 Å². The first kappa shape index (κ1) is 51.0. The fourth-order valence-electron chi connectivity index (χ4n) is 15.0. The molecule has 2 heterocycles. The zero-order valence-electron chi connectivity index (χ0n) is 49.0. The highest BCUT2D eigenvalue weighted by molar-refractivity contribution is 6.89. The van der Waals surface area contributed by atoms with E-state index >= 15 is 0 Å². The molecule has 17 rings (SSSR count). The number of hydrogen-bond acceptors (Lipinski definition) is 4.